The fourth-order valence-corrected chi connectivity index (χ4v) is 5.39. The first kappa shape index (κ1) is 21.5. The van der Waals surface area contributed by atoms with Gasteiger partial charge in [0.25, 0.3) is 5.91 Å². The largest absolute Gasteiger partial charge is 0.364 e. The van der Waals surface area contributed by atoms with Crippen molar-refractivity contribution in [1.29, 1.82) is 0 Å². The van der Waals surface area contributed by atoms with Crippen molar-refractivity contribution in [2.45, 2.75) is 37.9 Å². The summed E-state index contributed by atoms with van der Waals surface area (Å²) >= 11 is 0.965. The first-order chi connectivity index (χ1) is 14.8. The van der Waals surface area contributed by atoms with Crippen LogP contribution in [0.2, 0.25) is 0 Å². The van der Waals surface area contributed by atoms with E-state index in [9.17, 15) is 18.0 Å². The Morgan fingerprint density at radius 2 is 1.90 bits per heavy atom. The molecule has 2 heterocycles. The average molecular weight is 446 g/mol. The van der Waals surface area contributed by atoms with Crippen molar-refractivity contribution >= 4 is 17.2 Å². The number of carbonyl (C=O) groups excluding carboxylic acids is 1. The van der Waals surface area contributed by atoms with Crippen molar-refractivity contribution in [1.82, 2.24) is 9.97 Å². The Morgan fingerprint density at radius 1 is 1.19 bits per heavy atom. The maximum atomic E-state index is 14.3. The normalized spacial score (nSPS) is 23.6. The number of hydrogen-bond donors (Lipinski definition) is 2. The maximum Gasteiger partial charge on any atom is 0.268 e. The highest BCUT2D eigenvalue weighted by Crippen LogP contribution is 2.44. The van der Waals surface area contributed by atoms with Gasteiger partial charge in [0.1, 0.15) is 28.5 Å². The van der Waals surface area contributed by atoms with Crippen LogP contribution in [0, 0.1) is 17.6 Å². The van der Waals surface area contributed by atoms with E-state index in [0.717, 1.165) is 29.0 Å². The Morgan fingerprint density at radius 3 is 2.55 bits per heavy atom. The van der Waals surface area contributed by atoms with Crippen LogP contribution in [0.1, 0.15) is 41.7 Å². The van der Waals surface area contributed by atoms with Gasteiger partial charge in [-0.05, 0) is 48.4 Å². The summed E-state index contributed by atoms with van der Waals surface area (Å²) in [6.45, 7) is 1.82. The van der Waals surface area contributed by atoms with Crippen molar-refractivity contribution in [3.05, 3.63) is 59.6 Å². The third-order valence-electron chi connectivity index (χ3n) is 5.74. The number of hydrogen-bond acceptors (Lipinski definition) is 5. The summed E-state index contributed by atoms with van der Waals surface area (Å²) in [6, 6.07) is 4.69. The van der Waals surface area contributed by atoms with E-state index >= 15 is 0 Å². The Hall–Kier alpha value is -2.78. The summed E-state index contributed by atoms with van der Waals surface area (Å²) < 4.78 is 42.9. The smallest absolute Gasteiger partial charge is 0.268 e. The molecular formula is C22H21F3N4OS. The average Bonchev–Trinajstić information content (AvgIpc) is 3.16. The lowest BCUT2D eigenvalue weighted by Crippen LogP contribution is -2.42. The number of amides is 1. The molecule has 2 aromatic heterocycles. The topological polar surface area (TPSA) is 94.9 Å². The molecule has 5 nitrogen and oxygen atoms in total. The van der Waals surface area contributed by atoms with Crippen LogP contribution in [0.4, 0.5) is 13.2 Å². The number of halogens is 3. The van der Waals surface area contributed by atoms with Crippen LogP contribution in [0.5, 0.6) is 0 Å². The number of nitrogens with zero attached hydrogens (tertiary/aromatic N) is 2. The van der Waals surface area contributed by atoms with Gasteiger partial charge in [-0.15, -0.1) is 11.3 Å². The number of alkyl halides is 1. The molecule has 0 bridgehead atoms. The summed E-state index contributed by atoms with van der Waals surface area (Å²) in [5.41, 5.74) is 12.6. The molecule has 4 unspecified atom stereocenters. The zero-order valence-electron chi connectivity index (χ0n) is 16.7. The van der Waals surface area contributed by atoms with Gasteiger partial charge in [-0.3, -0.25) is 9.78 Å². The Labute approximate surface area is 181 Å². The van der Waals surface area contributed by atoms with Gasteiger partial charge in [-0.2, -0.15) is 0 Å². The lowest BCUT2D eigenvalue weighted by Gasteiger charge is -2.35. The number of nitrogens with two attached hydrogens (primary N) is 2. The van der Waals surface area contributed by atoms with Gasteiger partial charge in [0.15, 0.2) is 0 Å². The fourth-order valence-electron chi connectivity index (χ4n) is 4.24. The van der Waals surface area contributed by atoms with Crippen molar-refractivity contribution in [2.24, 2.45) is 17.4 Å². The molecule has 0 spiro atoms. The second kappa shape index (κ2) is 8.39. The number of benzene rings is 1. The van der Waals surface area contributed by atoms with Gasteiger partial charge < -0.3 is 11.5 Å². The molecule has 4 rings (SSSR count). The molecule has 3 aromatic rings. The summed E-state index contributed by atoms with van der Waals surface area (Å²) in [4.78, 5) is 20.8. The molecule has 4 N–H and O–H groups in total. The summed E-state index contributed by atoms with van der Waals surface area (Å²) in [7, 11) is 0. The highest BCUT2D eigenvalue weighted by molar-refractivity contribution is 7.18. The quantitative estimate of drug-likeness (QED) is 0.620. The molecule has 0 radical (unpaired) electrons. The van der Waals surface area contributed by atoms with Gasteiger partial charge in [0, 0.05) is 24.0 Å². The molecule has 1 saturated carbocycles. The minimum absolute atomic E-state index is 0.00624. The highest BCUT2D eigenvalue weighted by Gasteiger charge is 2.36. The first-order valence-corrected chi connectivity index (χ1v) is 10.7. The van der Waals surface area contributed by atoms with E-state index in [1.54, 1.807) is 18.5 Å². The Balaban J connectivity index is 1.84. The van der Waals surface area contributed by atoms with Crippen molar-refractivity contribution in [3.8, 4) is 21.0 Å². The summed E-state index contributed by atoms with van der Waals surface area (Å²) in [5.74, 6) is -2.68. The fraction of sp³-hybridized carbons (Fsp3) is 0.318. The number of aromatic nitrogens is 2. The van der Waals surface area contributed by atoms with E-state index in [2.05, 4.69) is 9.97 Å². The summed E-state index contributed by atoms with van der Waals surface area (Å²) in [6.07, 6.45) is 3.10. The van der Waals surface area contributed by atoms with E-state index in [4.69, 9.17) is 11.5 Å². The molecule has 1 aliphatic rings. The van der Waals surface area contributed by atoms with Crippen LogP contribution < -0.4 is 11.5 Å². The SMILES string of the molecule is CC1CC(c2ccncc2-c2sc(-c3c(F)cccc3F)nc2C(N)=O)CC(N)C1F. The highest BCUT2D eigenvalue weighted by atomic mass is 32.1. The molecule has 31 heavy (non-hydrogen) atoms. The second-order valence-electron chi connectivity index (χ2n) is 7.87. The van der Waals surface area contributed by atoms with Gasteiger partial charge in [0.2, 0.25) is 0 Å². The monoisotopic (exact) mass is 446 g/mol. The van der Waals surface area contributed by atoms with Crippen LogP contribution in [0.25, 0.3) is 21.0 Å². The van der Waals surface area contributed by atoms with Crippen molar-refractivity contribution in [2.75, 3.05) is 0 Å². The molecule has 1 amide bonds. The standard InChI is InChI=1S/C22H21F3N4OS/c1-10-7-11(8-16(26)18(10)25)12-5-6-28-9-13(12)20-19(21(27)30)29-22(31-20)17-14(23)3-2-4-15(17)24/h2-6,9-11,16,18H,7-8,26H2,1H3,(H2,27,30). The lowest BCUT2D eigenvalue weighted by atomic mass is 9.74. The molecule has 4 atom stereocenters. The molecule has 9 heteroatoms. The Bertz CT molecular complexity index is 1100. The molecule has 1 aliphatic carbocycles. The zero-order valence-corrected chi connectivity index (χ0v) is 17.5. The Kier molecular flexibility index (Phi) is 5.81. The number of rotatable bonds is 4. The number of thiazole rings is 1. The third-order valence-corrected chi connectivity index (χ3v) is 6.85. The molecule has 1 aromatic carbocycles. The number of carbonyl (C=O) groups is 1. The molecule has 162 valence electrons. The third kappa shape index (κ3) is 3.95. The molecule has 0 saturated heterocycles. The minimum atomic E-state index is -1.08. The van der Waals surface area contributed by atoms with Gasteiger partial charge in [-0.25, -0.2) is 18.2 Å². The van der Waals surface area contributed by atoms with Crippen LogP contribution in [-0.4, -0.2) is 28.1 Å². The molecule has 1 fully saturated rings. The van der Waals surface area contributed by atoms with E-state index in [1.165, 1.54) is 6.07 Å². The minimum Gasteiger partial charge on any atom is -0.364 e. The van der Waals surface area contributed by atoms with Crippen molar-refractivity contribution in [3.63, 3.8) is 0 Å². The van der Waals surface area contributed by atoms with E-state index in [0.29, 0.717) is 23.3 Å². The van der Waals surface area contributed by atoms with E-state index in [1.807, 2.05) is 6.92 Å². The number of pyridine rings is 1. The summed E-state index contributed by atoms with van der Waals surface area (Å²) in [5, 5.41) is 0.00624. The van der Waals surface area contributed by atoms with Crippen LogP contribution in [-0.2, 0) is 0 Å². The molecule has 0 aliphatic heterocycles. The second-order valence-corrected chi connectivity index (χ2v) is 8.87. The predicted molar refractivity (Wildman–Crippen MR) is 113 cm³/mol. The van der Waals surface area contributed by atoms with E-state index in [-0.39, 0.29) is 28.1 Å². The van der Waals surface area contributed by atoms with Crippen LogP contribution in [0.3, 0.4) is 0 Å². The van der Waals surface area contributed by atoms with Crippen LogP contribution >= 0.6 is 11.3 Å². The zero-order chi connectivity index (χ0) is 22.3. The van der Waals surface area contributed by atoms with Crippen LogP contribution in [0.15, 0.2) is 36.7 Å². The first-order valence-electron chi connectivity index (χ1n) is 9.86. The lowest BCUT2D eigenvalue weighted by molar-refractivity contribution is 0.0997. The van der Waals surface area contributed by atoms with Gasteiger partial charge in [0.05, 0.1) is 10.4 Å². The molecular weight excluding hydrogens is 425 g/mol. The predicted octanol–water partition coefficient (Wildman–Crippen LogP) is 4.43. The maximum absolute atomic E-state index is 14.3. The van der Waals surface area contributed by atoms with Crippen molar-refractivity contribution < 1.29 is 18.0 Å². The number of primary amides is 1. The van der Waals surface area contributed by atoms with Gasteiger partial charge >= 0.3 is 0 Å². The van der Waals surface area contributed by atoms with Gasteiger partial charge in [-0.1, -0.05) is 13.0 Å². The van der Waals surface area contributed by atoms with E-state index < -0.39 is 29.8 Å².